The van der Waals surface area contributed by atoms with Crippen LogP contribution in [0.5, 0.6) is 5.75 Å². The Hall–Kier alpha value is -1.71. The minimum absolute atomic E-state index is 0.555. The lowest BCUT2D eigenvalue weighted by Gasteiger charge is -2.20. The highest BCUT2D eigenvalue weighted by Crippen LogP contribution is 2.26. The molecule has 0 saturated heterocycles. The summed E-state index contributed by atoms with van der Waals surface area (Å²) in [6.45, 7) is 6.06. The van der Waals surface area contributed by atoms with E-state index in [9.17, 15) is 4.79 Å². The van der Waals surface area contributed by atoms with Crippen LogP contribution in [-0.4, -0.2) is 24.7 Å². The van der Waals surface area contributed by atoms with Gasteiger partial charge in [0.05, 0.1) is 18.2 Å². The van der Waals surface area contributed by atoms with Gasteiger partial charge in [-0.3, -0.25) is 4.79 Å². The molecular formula is C14H21NO3. The zero-order valence-electron chi connectivity index (χ0n) is 11.4. The van der Waals surface area contributed by atoms with Crippen LogP contribution in [0.3, 0.4) is 0 Å². The number of carboxylic acids is 1. The molecule has 1 aromatic carbocycles. The average Bonchev–Trinajstić information content (AvgIpc) is 2.29. The van der Waals surface area contributed by atoms with Crippen LogP contribution < -0.4 is 10.1 Å². The van der Waals surface area contributed by atoms with Crippen molar-refractivity contribution >= 4 is 11.7 Å². The first-order valence-corrected chi connectivity index (χ1v) is 5.99. The molecule has 18 heavy (non-hydrogen) atoms. The standard InChI is InChI=1S/C14H21NO3/c1-10-5-6-12(18-4)11(9-10)15-8-7-14(2,3)13(16)17/h5-6,9,15H,7-8H2,1-4H3,(H,16,17). The van der Waals surface area contributed by atoms with E-state index in [0.29, 0.717) is 13.0 Å². The van der Waals surface area contributed by atoms with Crippen LogP contribution in [0.15, 0.2) is 18.2 Å². The third-order valence-electron chi connectivity index (χ3n) is 3.00. The third-order valence-corrected chi connectivity index (χ3v) is 3.00. The molecule has 1 rings (SSSR count). The first kappa shape index (κ1) is 14.4. The first-order chi connectivity index (χ1) is 8.36. The molecule has 2 N–H and O–H groups in total. The fourth-order valence-electron chi connectivity index (χ4n) is 1.58. The summed E-state index contributed by atoms with van der Waals surface area (Å²) >= 11 is 0. The van der Waals surface area contributed by atoms with Gasteiger partial charge in [0.1, 0.15) is 5.75 Å². The van der Waals surface area contributed by atoms with Gasteiger partial charge in [0, 0.05) is 6.54 Å². The summed E-state index contributed by atoms with van der Waals surface area (Å²) in [5, 5.41) is 12.3. The van der Waals surface area contributed by atoms with E-state index >= 15 is 0 Å². The molecule has 0 atom stereocenters. The van der Waals surface area contributed by atoms with Crippen LogP contribution in [0.1, 0.15) is 25.8 Å². The molecule has 0 aliphatic rings. The predicted molar refractivity (Wildman–Crippen MR) is 72.3 cm³/mol. The van der Waals surface area contributed by atoms with Crippen molar-refractivity contribution in [2.75, 3.05) is 19.0 Å². The molecule has 0 saturated carbocycles. The number of anilines is 1. The molecule has 4 heteroatoms. The third kappa shape index (κ3) is 3.65. The minimum atomic E-state index is -0.777. The summed E-state index contributed by atoms with van der Waals surface area (Å²) in [6.07, 6.45) is 0.555. The highest BCUT2D eigenvalue weighted by Gasteiger charge is 2.26. The van der Waals surface area contributed by atoms with Crippen LogP contribution in [0.25, 0.3) is 0 Å². The quantitative estimate of drug-likeness (QED) is 0.816. The lowest BCUT2D eigenvalue weighted by Crippen LogP contribution is -2.26. The number of hydrogen-bond acceptors (Lipinski definition) is 3. The number of hydrogen-bond donors (Lipinski definition) is 2. The molecule has 0 unspecified atom stereocenters. The molecular weight excluding hydrogens is 230 g/mol. The van der Waals surface area contributed by atoms with Gasteiger partial charge in [-0.25, -0.2) is 0 Å². The van der Waals surface area contributed by atoms with Crippen molar-refractivity contribution in [3.8, 4) is 5.75 Å². The van der Waals surface area contributed by atoms with E-state index in [1.807, 2.05) is 25.1 Å². The molecule has 0 spiro atoms. The van der Waals surface area contributed by atoms with Crippen molar-refractivity contribution in [3.05, 3.63) is 23.8 Å². The van der Waals surface area contributed by atoms with Gasteiger partial charge in [0.15, 0.2) is 0 Å². The number of aliphatic carboxylic acids is 1. The largest absolute Gasteiger partial charge is 0.495 e. The van der Waals surface area contributed by atoms with Gasteiger partial charge >= 0.3 is 5.97 Å². The Labute approximate surface area is 108 Å². The number of rotatable bonds is 6. The Morgan fingerprint density at radius 2 is 2.11 bits per heavy atom. The number of nitrogens with one attached hydrogen (secondary N) is 1. The fourth-order valence-corrected chi connectivity index (χ4v) is 1.58. The fraction of sp³-hybridized carbons (Fsp3) is 0.500. The van der Waals surface area contributed by atoms with E-state index in [-0.39, 0.29) is 0 Å². The summed E-state index contributed by atoms with van der Waals surface area (Å²) in [4.78, 5) is 11.0. The van der Waals surface area contributed by atoms with Gasteiger partial charge in [-0.05, 0) is 44.9 Å². The van der Waals surface area contributed by atoms with Crippen LogP contribution in [0.2, 0.25) is 0 Å². The van der Waals surface area contributed by atoms with E-state index in [0.717, 1.165) is 17.0 Å². The first-order valence-electron chi connectivity index (χ1n) is 5.99. The molecule has 100 valence electrons. The second kappa shape index (κ2) is 5.76. The van der Waals surface area contributed by atoms with Gasteiger partial charge in [-0.1, -0.05) is 6.07 Å². The summed E-state index contributed by atoms with van der Waals surface area (Å²) in [6, 6.07) is 5.87. The average molecular weight is 251 g/mol. The van der Waals surface area contributed by atoms with E-state index in [1.54, 1.807) is 21.0 Å². The zero-order chi connectivity index (χ0) is 13.8. The van der Waals surface area contributed by atoms with Gasteiger partial charge < -0.3 is 15.2 Å². The number of benzene rings is 1. The van der Waals surface area contributed by atoms with Crippen LogP contribution in [0, 0.1) is 12.3 Å². The van der Waals surface area contributed by atoms with Crippen LogP contribution in [-0.2, 0) is 4.79 Å². The molecule has 0 aromatic heterocycles. The van der Waals surface area contributed by atoms with Crippen molar-refractivity contribution in [3.63, 3.8) is 0 Å². The van der Waals surface area contributed by atoms with E-state index < -0.39 is 11.4 Å². The lowest BCUT2D eigenvalue weighted by molar-refractivity contribution is -0.147. The Morgan fingerprint density at radius 3 is 2.67 bits per heavy atom. The van der Waals surface area contributed by atoms with E-state index in [1.165, 1.54) is 0 Å². The highest BCUT2D eigenvalue weighted by molar-refractivity contribution is 5.73. The maximum Gasteiger partial charge on any atom is 0.309 e. The van der Waals surface area contributed by atoms with E-state index in [4.69, 9.17) is 9.84 Å². The molecule has 0 aliphatic heterocycles. The second-order valence-electron chi connectivity index (χ2n) is 5.07. The monoisotopic (exact) mass is 251 g/mol. The highest BCUT2D eigenvalue weighted by atomic mass is 16.5. The van der Waals surface area contributed by atoms with Gasteiger partial charge in [0.25, 0.3) is 0 Å². The molecule has 0 heterocycles. The van der Waals surface area contributed by atoms with Crippen molar-refractivity contribution in [1.82, 2.24) is 0 Å². The topological polar surface area (TPSA) is 58.6 Å². The molecule has 4 nitrogen and oxygen atoms in total. The summed E-state index contributed by atoms with van der Waals surface area (Å²) in [5.41, 5.74) is 1.32. The number of carbonyl (C=O) groups is 1. The Balaban J connectivity index is 2.64. The van der Waals surface area contributed by atoms with Crippen molar-refractivity contribution < 1.29 is 14.6 Å². The normalized spacial score (nSPS) is 11.1. The zero-order valence-corrected chi connectivity index (χ0v) is 11.4. The van der Waals surface area contributed by atoms with Crippen molar-refractivity contribution in [2.45, 2.75) is 27.2 Å². The second-order valence-corrected chi connectivity index (χ2v) is 5.07. The van der Waals surface area contributed by atoms with Crippen molar-refractivity contribution in [1.29, 1.82) is 0 Å². The predicted octanol–water partition coefficient (Wildman–Crippen LogP) is 2.92. The van der Waals surface area contributed by atoms with Gasteiger partial charge in [-0.15, -0.1) is 0 Å². The molecule has 0 fully saturated rings. The smallest absolute Gasteiger partial charge is 0.309 e. The Bertz CT molecular complexity index is 427. The SMILES string of the molecule is COc1ccc(C)cc1NCCC(C)(C)C(=O)O. The summed E-state index contributed by atoms with van der Waals surface area (Å²) in [7, 11) is 1.62. The maximum absolute atomic E-state index is 11.0. The number of methoxy groups -OCH3 is 1. The number of aryl methyl sites for hydroxylation is 1. The lowest BCUT2D eigenvalue weighted by atomic mass is 9.89. The molecule has 0 amide bonds. The van der Waals surface area contributed by atoms with Gasteiger partial charge in [0.2, 0.25) is 0 Å². The van der Waals surface area contributed by atoms with Crippen LogP contribution in [0.4, 0.5) is 5.69 Å². The molecule has 0 bridgehead atoms. The van der Waals surface area contributed by atoms with Crippen molar-refractivity contribution in [2.24, 2.45) is 5.41 Å². The maximum atomic E-state index is 11.0. The number of ether oxygens (including phenoxy) is 1. The van der Waals surface area contributed by atoms with E-state index in [2.05, 4.69) is 5.32 Å². The Morgan fingerprint density at radius 1 is 1.44 bits per heavy atom. The molecule has 0 radical (unpaired) electrons. The Kier molecular flexibility index (Phi) is 4.59. The van der Waals surface area contributed by atoms with Crippen LogP contribution >= 0.6 is 0 Å². The molecule has 0 aliphatic carbocycles. The summed E-state index contributed by atoms with van der Waals surface area (Å²) in [5.74, 6) is -0.00533. The minimum Gasteiger partial charge on any atom is -0.495 e. The molecule has 1 aromatic rings. The summed E-state index contributed by atoms with van der Waals surface area (Å²) < 4.78 is 5.25. The van der Waals surface area contributed by atoms with Gasteiger partial charge in [-0.2, -0.15) is 0 Å². The number of carboxylic acid groups (broad SMARTS) is 1.